The molecule has 0 saturated carbocycles. The van der Waals surface area contributed by atoms with E-state index in [4.69, 9.17) is 0 Å². The van der Waals surface area contributed by atoms with Gasteiger partial charge in [0.1, 0.15) is 11.2 Å². The molecule has 116 valence electrons. The van der Waals surface area contributed by atoms with Crippen molar-refractivity contribution in [3.8, 4) is 5.00 Å². The molecule has 2 atom stereocenters. The van der Waals surface area contributed by atoms with Gasteiger partial charge in [-0.3, -0.25) is 10.3 Å². The lowest BCUT2D eigenvalue weighted by Crippen LogP contribution is -2.39. The van der Waals surface area contributed by atoms with Crippen LogP contribution in [-0.2, 0) is 12.8 Å². The quantitative estimate of drug-likeness (QED) is 0.779. The molecule has 4 heterocycles. The molecular weight excluding hydrogens is 316 g/mol. The van der Waals surface area contributed by atoms with Gasteiger partial charge >= 0.3 is 0 Å². The van der Waals surface area contributed by atoms with Crippen molar-refractivity contribution < 1.29 is 0 Å². The topological polar surface area (TPSA) is 58.0 Å². The first-order valence-corrected chi connectivity index (χ1v) is 9.72. The van der Waals surface area contributed by atoms with E-state index >= 15 is 0 Å². The van der Waals surface area contributed by atoms with E-state index in [-0.39, 0.29) is 6.17 Å². The van der Waals surface area contributed by atoms with Gasteiger partial charge in [-0.05, 0) is 37.0 Å². The molecule has 0 radical (unpaired) electrons. The van der Waals surface area contributed by atoms with Crippen molar-refractivity contribution >= 4 is 29.0 Å². The van der Waals surface area contributed by atoms with Crippen molar-refractivity contribution in [2.45, 2.75) is 37.5 Å². The highest BCUT2D eigenvalue weighted by molar-refractivity contribution is 7.98. The number of nitrogens with one attached hydrogen (secondary N) is 2. The Morgan fingerprint density at radius 1 is 1.36 bits per heavy atom. The normalized spacial score (nSPS) is 25.6. The number of thioether (sulfide) groups is 1. The van der Waals surface area contributed by atoms with Crippen LogP contribution in [0.3, 0.4) is 0 Å². The maximum absolute atomic E-state index is 4.41. The van der Waals surface area contributed by atoms with E-state index < -0.39 is 0 Å². The Morgan fingerprint density at radius 3 is 3.14 bits per heavy atom. The van der Waals surface area contributed by atoms with Crippen molar-refractivity contribution in [3.05, 3.63) is 16.0 Å². The van der Waals surface area contributed by atoms with Crippen LogP contribution in [0, 0.1) is 5.92 Å². The van der Waals surface area contributed by atoms with Crippen molar-refractivity contribution in [2.24, 2.45) is 5.92 Å². The van der Waals surface area contributed by atoms with Gasteiger partial charge in [-0.1, -0.05) is 18.7 Å². The smallest absolute Gasteiger partial charge is 0.249 e. The summed E-state index contributed by atoms with van der Waals surface area (Å²) in [7, 11) is 0. The summed E-state index contributed by atoms with van der Waals surface area (Å²) in [6.45, 7) is 3.14. The van der Waals surface area contributed by atoms with Crippen LogP contribution in [0.4, 0.5) is 5.95 Å². The van der Waals surface area contributed by atoms with Crippen LogP contribution in [0.5, 0.6) is 0 Å². The van der Waals surface area contributed by atoms with Gasteiger partial charge in [0.05, 0.1) is 6.67 Å². The minimum Gasteiger partial charge on any atom is -0.278 e. The molecule has 1 aliphatic carbocycles. The molecule has 5 rings (SSSR count). The fourth-order valence-corrected chi connectivity index (χ4v) is 5.68. The first kappa shape index (κ1) is 13.4. The van der Waals surface area contributed by atoms with Gasteiger partial charge in [0.2, 0.25) is 5.95 Å². The third kappa shape index (κ3) is 1.63. The summed E-state index contributed by atoms with van der Waals surface area (Å²) in [5, 5.41) is 16.8. The van der Waals surface area contributed by atoms with Crippen LogP contribution in [-0.4, -0.2) is 27.7 Å². The van der Waals surface area contributed by atoms with Crippen molar-refractivity contribution in [2.75, 3.05) is 17.9 Å². The standard InChI is InChI=1S/C14H18N6S2/c1-7-3-4-9-8(5-7)10-11-15-6-16-20(11)13-17-18-14(21-2)19(13)12(10)22-9/h7,11,15-16H,3-6H2,1-2H3/t7-,11?/m0/s1. The van der Waals surface area contributed by atoms with Gasteiger partial charge in [0.25, 0.3) is 0 Å². The van der Waals surface area contributed by atoms with Crippen LogP contribution >= 0.6 is 23.1 Å². The van der Waals surface area contributed by atoms with E-state index in [1.807, 2.05) is 11.3 Å². The van der Waals surface area contributed by atoms with Crippen LogP contribution < -0.4 is 15.8 Å². The number of nitrogens with zero attached hydrogens (tertiary/aromatic N) is 4. The number of hydrazine groups is 1. The second-order valence-electron chi connectivity index (χ2n) is 6.20. The molecule has 1 saturated heterocycles. The summed E-state index contributed by atoms with van der Waals surface area (Å²) in [5.41, 5.74) is 6.40. The zero-order valence-electron chi connectivity index (χ0n) is 12.6. The molecule has 0 amide bonds. The summed E-state index contributed by atoms with van der Waals surface area (Å²) in [6, 6.07) is 0. The van der Waals surface area contributed by atoms with Gasteiger partial charge in [-0.2, -0.15) is 0 Å². The lowest BCUT2D eigenvalue weighted by molar-refractivity contribution is 0.495. The summed E-state index contributed by atoms with van der Waals surface area (Å²) < 4.78 is 2.23. The molecule has 22 heavy (non-hydrogen) atoms. The van der Waals surface area contributed by atoms with Gasteiger partial charge in [-0.25, -0.2) is 9.99 Å². The van der Waals surface area contributed by atoms with Crippen molar-refractivity contribution in [1.29, 1.82) is 0 Å². The maximum Gasteiger partial charge on any atom is 0.249 e. The molecule has 0 bridgehead atoms. The fourth-order valence-electron chi connectivity index (χ4n) is 3.77. The number of anilines is 1. The molecule has 2 aromatic rings. The monoisotopic (exact) mass is 334 g/mol. The van der Waals surface area contributed by atoms with E-state index in [1.165, 1.54) is 29.8 Å². The Morgan fingerprint density at radius 2 is 2.27 bits per heavy atom. The molecular formula is C14H18N6S2. The molecule has 2 aromatic heterocycles. The molecule has 6 nitrogen and oxygen atoms in total. The Labute approximate surface area is 137 Å². The predicted octanol–water partition coefficient (Wildman–Crippen LogP) is 2.06. The fraction of sp³-hybridized carbons (Fsp3) is 0.571. The highest BCUT2D eigenvalue weighted by Gasteiger charge is 2.41. The summed E-state index contributed by atoms with van der Waals surface area (Å²) in [6.07, 6.45) is 5.96. The second kappa shape index (κ2) is 4.70. The van der Waals surface area contributed by atoms with Gasteiger partial charge in [0.15, 0.2) is 5.16 Å². The highest BCUT2D eigenvalue weighted by Crippen LogP contribution is 2.48. The summed E-state index contributed by atoms with van der Waals surface area (Å²) in [5.74, 6) is 1.68. The SMILES string of the molecule is CSc1nnc2n1-c1sc3c(c1C1NCNN21)C[C@@H](C)CC3. The number of hydrogen-bond donors (Lipinski definition) is 2. The molecule has 2 N–H and O–H groups in total. The molecule has 2 aliphatic heterocycles. The molecule has 0 spiro atoms. The number of rotatable bonds is 1. The number of fused-ring (bicyclic) bond motifs is 8. The van der Waals surface area contributed by atoms with Gasteiger partial charge in [0, 0.05) is 10.4 Å². The lowest BCUT2D eigenvalue weighted by atomic mass is 9.87. The highest BCUT2D eigenvalue weighted by atomic mass is 32.2. The number of thiophene rings is 1. The average molecular weight is 334 g/mol. The van der Waals surface area contributed by atoms with Crippen molar-refractivity contribution in [1.82, 2.24) is 25.5 Å². The predicted molar refractivity (Wildman–Crippen MR) is 88.6 cm³/mol. The third-order valence-corrected chi connectivity index (χ3v) is 6.74. The van der Waals surface area contributed by atoms with E-state index in [0.717, 1.165) is 23.7 Å². The van der Waals surface area contributed by atoms with Crippen LogP contribution in [0.2, 0.25) is 0 Å². The minimum absolute atomic E-state index is 0.187. The van der Waals surface area contributed by atoms with E-state index in [2.05, 4.69) is 43.7 Å². The molecule has 3 aliphatic rings. The van der Waals surface area contributed by atoms with Crippen LogP contribution in [0.25, 0.3) is 5.00 Å². The van der Waals surface area contributed by atoms with E-state index in [0.29, 0.717) is 0 Å². The average Bonchev–Trinajstić information content (AvgIpc) is 3.21. The number of aromatic nitrogens is 3. The van der Waals surface area contributed by atoms with Crippen LogP contribution in [0.15, 0.2) is 5.16 Å². The Balaban J connectivity index is 1.78. The Bertz CT molecular complexity index is 751. The molecule has 8 heteroatoms. The largest absolute Gasteiger partial charge is 0.278 e. The first-order chi connectivity index (χ1) is 10.8. The van der Waals surface area contributed by atoms with Crippen molar-refractivity contribution in [3.63, 3.8) is 0 Å². The Kier molecular flexibility index (Phi) is 2.86. The maximum atomic E-state index is 4.41. The zero-order chi connectivity index (χ0) is 14.8. The number of hydrogen-bond acceptors (Lipinski definition) is 7. The van der Waals surface area contributed by atoms with E-state index in [1.54, 1.807) is 22.2 Å². The lowest BCUT2D eigenvalue weighted by Gasteiger charge is -2.31. The minimum atomic E-state index is 0.187. The zero-order valence-corrected chi connectivity index (χ0v) is 14.2. The number of aryl methyl sites for hydroxylation is 1. The molecule has 1 unspecified atom stereocenters. The second-order valence-corrected chi connectivity index (χ2v) is 8.06. The van der Waals surface area contributed by atoms with Gasteiger partial charge in [-0.15, -0.1) is 21.5 Å². The first-order valence-electron chi connectivity index (χ1n) is 7.68. The third-order valence-electron chi connectivity index (χ3n) is 4.82. The van der Waals surface area contributed by atoms with Gasteiger partial charge < -0.3 is 0 Å². The van der Waals surface area contributed by atoms with E-state index in [9.17, 15) is 0 Å². The molecule has 0 aromatic carbocycles. The molecule has 1 fully saturated rings. The van der Waals surface area contributed by atoms with Crippen LogP contribution in [0.1, 0.15) is 35.5 Å². The summed E-state index contributed by atoms with van der Waals surface area (Å²) in [4.78, 5) is 1.56. The summed E-state index contributed by atoms with van der Waals surface area (Å²) >= 11 is 3.60. The Hall–Kier alpha value is -1.09.